The van der Waals surface area contributed by atoms with Gasteiger partial charge in [-0.15, -0.1) is 0 Å². The fourth-order valence-corrected chi connectivity index (χ4v) is 2.27. The second kappa shape index (κ2) is 5.05. The van der Waals surface area contributed by atoms with Crippen LogP contribution < -0.4 is 5.73 Å². The van der Waals surface area contributed by atoms with Crippen LogP contribution in [0.2, 0.25) is 10.0 Å². The van der Waals surface area contributed by atoms with Crippen molar-refractivity contribution in [2.24, 2.45) is 5.73 Å². The highest BCUT2D eigenvalue weighted by atomic mass is 35.5. The van der Waals surface area contributed by atoms with E-state index in [9.17, 15) is 0 Å². The van der Waals surface area contributed by atoms with Gasteiger partial charge in [-0.25, -0.2) is 0 Å². The maximum Gasteiger partial charge on any atom is 0.0596 e. The molecule has 0 aliphatic heterocycles. The molecule has 0 spiro atoms. The van der Waals surface area contributed by atoms with Gasteiger partial charge in [0, 0.05) is 27.5 Å². The van der Waals surface area contributed by atoms with Crippen molar-refractivity contribution in [2.75, 3.05) is 0 Å². The average molecular weight is 267 g/mol. The molecule has 2 rings (SSSR count). The molecule has 0 bridgehead atoms. The Morgan fingerprint density at radius 2 is 1.76 bits per heavy atom. The third-order valence-corrected chi connectivity index (χ3v) is 3.26. The van der Waals surface area contributed by atoms with Gasteiger partial charge in [-0.1, -0.05) is 35.3 Å². The molecule has 0 saturated carbocycles. The van der Waals surface area contributed by atoms with Crippen molar-refractivity contribution >= 4 is 23.2 Å². The summed E-state index contributed by atoms with van der Waals surface area (Å²) < 4.78 is 0. The Balaban J connectivity index is 2.43. The molecule has 2 N–H and O–H groups in total. The van der Waals surface area contributed by atoms with Gasteiger partial charge in [-0.2, -0.15) is 0 Å². The first-order valence-corrected chi connectivity index (χ1v) is 5.97. The maximum atomic E-state index is 6.16. The Kier molecular flexibility index (Phi) is 3.67. The number of aromatic nitrogens is 1. The fourth-order valence-electron chi connectivity index (χ4n) is 1.64. The number of halogens is 2. The lowest BCUT2D eigenvalue weighted by Gasteiger charge is -2.15. The van der Waals surface area contributed by atoms with Gasteiger partial charge in [0.25, 0.3) is 0 Å². The zero-order chi connectivity index (χ0) is 12.4. The molecule has 2 aromatic rings. The van der Waals surface area contributed by atoms with Gasteiger partial charge in [-0.05, 0) is 30.7 Å². The molecule has 0 radical (unpaired) electrons. The minimum absolute atomic E-state index is 0.357. The molecule has 1 atom stereocenters. The van der Waals surface area contributed by atoms with Crippen LogP contribution in [-0.2, 0) is 0 Å². The molecule has 1 heterocycles. The van der Waals surface area contributed by atoms with Crippen LogP contribution in [0.15, 0.2) is 36.5 Å². The number of hydrogen-bond acceptors (Lipinski definition) is 2. The minimum Gasteiger partial charge on any atom is -0.320 e. The summed E-state index contributed by atoms with van der Waals surface area (Å²) in [6.07, 6.45) is 1.75. The number of aryl methyl sites for hydroxylation is 1. The molecule has 0 aliphatic carbocycles. The molecular formula is C13H12Cl2N2. The van der Waals surface area contributed by atoms with Crippen molar-refractivity contribution in [1.82, 2.24) is 4.98 Å². The Bertz CT molecular complexity index is 503. The summed E-state index contributed by atoms with van der Waals surface area (Å²) in [7, 11) is 0. The van der Waals surface area contributed by atoms with Crippen molar-refractivity contribution in [1.29, 1.82) is 0 Å². The lowest BCUT2D eigenvalue weighted by molar-refractivity contribution is 0.861. The Labute approximate surface area is 110 Å². The topological polar surface area (TPSA) is 38.9 Å². The molecule has 0 aliphatic rings. The number of benzene rings is 1. The lowest BCUT2D eigenvalue weighted by Crippen LogP contribution is -2.13. The van der Waals surface area contributed by atoms with E-state index in [0.29, 0.717) is 10.0 Å². The number of pyridine rings is 1. The summed E-state index contributed by atoms with van der Waals surface area (Å²) in [4.78, 5) is 4.22. The van der Waals surface area contributed by atoms with Crippen LogP contribution in [0.4, 0.5) is 0 Å². The highest BCUT2D eigenvalue weighted by molar-refractivity contribution is 6.36. The van der Waals surface area contributed by atoms with E-state index in [4.69, 9.17) is 28.9 Å². The highest BCUT2D eigenvalue weighted by Gasteiger charge is 2.15. The predicted molar refractivity (Wildman–Crippen MR) is 71.5 cm³/mol. The Morgan fingerprint density at radius 1 is 1.12 bits per heavy atom. The second-order valence-corrected chi connectivity index (χ2v) is 4.66. The molecule has 88 valence electrons. The first-order chi connectivity index (χ1) is 8.09. The van der Waals surface area contributed by atoms with Crippen molar-refractivity contribution in [3.8, 4) is 0 Å². The monoisotopic (exact) mass is 266 g/mol. The van der Waals surface area contributed by atoms with Gasteiger partial charge in [0.15, 0.2) is 0 Å². The van der Waals surface area contributed by atoms with E-state index in [0.717, 1.165) is 16.8 Å². The molecule has 0 saturated heterocycles. The number of hydrogen-bond donors (Lipinski definition) is 1. The zero-order valence-electron chi connectivity index (χ0n) is 9.32. The normalized spacial score (nSPS) is 12.5. The van der Waals surface area contributed by atoms with Crippen LogP contribution in [-0.4, -0.2) is 4.98 Å². The van der Waals surface area contributed by atoms with Crippen LogP contribution in [0.3, 0.4) is 0 Å². The summed E-state index contributed by atoms with van der Waals surface area (Å²) in [5.74, 6) is 0. The number of nitrogens with zero attached hydrogens (tertiary/aromatic N) is 1. The van der Waals surface area contributed by atoms with E-state index >= 15 is 0 Å². The zero-order valence-corrected chi connectivity index (χ0v) is 10.8. The number of rotatable bonds is 2. The molecule has 4 heteroatoms. The largest absolute Gasteiger partial charge is 0.320 e. The minimum atomic E-state index is -0.357. The van der Waals surface area contributed by atoms with Gasteiger partial charge < -0.3 is 5.73 Å². The van der Waals surface area contributed by atoms with Crippen LogP contribution in [0.25, 0.3) is 0 Å². The third kappa shape index (κ3) is 2.60. The van der Waals surface area contributed by atoms with Crippen LogP contribution in [0, 0.1) is 6.92 Å². The molecule has 1 aromatic carbocycles. The van der Waals surface area contributed by atoms with E-state index in [1.165, 1.54) is 0 Å². The van der Waals surface area contributed by atoms with Crippen LogP contribution in [0.5, 0.6) is 0 Å². The van der Waals surface area contributed by atoms with Crippen LogP contribution >= 0.6 is 23.2 Å². The standard InChI is InChI=1S/C13H12Cl2N2/c1-8-5-6-9(7-17-8)13(16)12-10(14)3-2-4-11(12)15/h2-7,13H,16H2,1H3. The SMILES string of the molecule is Cc1ccc(C(N)c2c(Cl)cccc2Cl)cn1. The van der Waals surface area contributed by atoms with Crippen molar-refractivity contribution in [2.45, 2.75) is 13.0 Å². The van der Waals surface area contributed by atoms with Crippen molar-refractivity contribution in [3.63, 3.8) is 0 Å². The molecule has 17 heavy (non-hydrogen) atoms. The van der Waals surface area contributed by atoms with E-state index in [2.05, 4.69) is 4.98 Å². The molecular weight excluding hydrogens is 255 g/mol. The maximum absolute atomic E-state index is 6.16. The molecule has 0 fully saturated rings. The van der Waals surface area contributed by atoms with Gasteiger partial charge in [-0.3, -0.25) is 4.98 Å². The van der Waals surface area contributed by atoms with E-state index in [1.807, 2.05) is 19.1 Å². The van der Waals surface area contributed by atoms with E-state index in [1.54, 1.807) is 24.4 Å². The Morgan fingerprint density at radius 3 is 2.29 bits per heavy atom. The highest BCUT2D eigenvalue weighted by Crippen LogP contribution is 2.32. The molecule has 2 nitrogen and oxygen atoms in total. The van der Waals surface area contributed by atoms with E-state index < -0.39 is 0 Å². The van der Waals surface area contributed by atoms with Gasteiger partial charge >= 0.3 is 0 Å². The van der Waals surface area contributed by atoms with Crippen molar-refractivity contribution in [3.05, 3.63) is 63.4 Å². The van der Waals surface area contributed by atoms with Gasteiger partial charge in [0.1, 0.15) is 0 Å². The Hall–Kier alpha value is -1.09. The molecule has 1 aromatic heterocycles. The predicted octanol–water partition coefficient (Wildman–Crippen LogP) is 3.74. The smallest absolute Gasteiger partial charge is 0.0596 e. The summed E-state index contributed by atoms with van der Waals surface area (Å²) in [6, 6.07) is 8.86. The quantitative estimate of drug-likeness (QED) is 0.900. The average Bonchev–Trinajstić information content (AvgIpc) is 2.29. The van der Waals surface area contributed by atoms with Gasteiger partial charge in [0.05, 0.1) is 6.04 Å². The molecule has 0 amide bonds. The summed E-state index contributed by atoms with van der Waals surface area (Å²) >= 11 is 12.2. The van der Waals surface area contributed by atoms with E-state index in [-0.39, 0.29) is 6.04 Å². The van der Waals surface area contributed by atoms with Gasteiger partial charge in [0.2, 0.25) is 0 Å². The first-order valence-electron chi connectivity index (χ1n) is 5.21. The van der Waals surface area contributed by atoms with Crippen LogP contribution in [0.1, 0.15) is 22.9 Å². The number of nitrogens with two attached hydrogens (primary N) is 1. The summed E-state index contributed by atoms with van der Waals surface area (Å²) in [5, 5.41) is 1.15. The third-order valence-electron chi connectivity index (χ3n) is 2.60. The summed E-state index contributed by atoms with van der Waals surface area (Å²) in [5.41, 5.74) is 8.74. The molecule has 1 unspecified atom stereocenters. The second-order valence-electron chi connectivity index (χ2n) is 3.85. The fraction of sp³-hybridized carbons (Fsp3) is 0.154. The summed E-state index contributed by atoms with van der Waals surface area (Å²) in [6.45, 7) is 1.93. The first kappa shape index (κ1) is 12.4. The van der Waals surface area contributed by atoms with Crippen molar-refractivity contribution < 1.29 is 0 Å². The lowest BCUT2D eigenvalue weighted by atomic mass is 10.0.